The van der Waals surface area contributed by atoms with Gasteiger partial charge in [-0.2, -0.15) is 0 Å². The zero-order chi connectivity index (χ0) is 14.8. The first-order valence-corrected chi connectivity index (χ1v) is 6.87. The normalized spacial score (nSPS) is 21.6. The summed E-state index contributed by atoms with van der Waals surface area (Å²) in [4.78, 5) is 11.6. The minimum absolute atomic E-state index is 0.0181. The molecule has 2 rings (SSSR count). The zero-order valence-electron chi connectivity index (χ0n) is 11.2. The van der Waals surface area contributed by atoms with E-state index in [1.807, 2.05) is 0 Å². The minimum atomic E-state index is -1.33. The Kier molecular flexibility index (Phi) is 4.62. The minimum Gasteiger partial charge on any atom is -0.480 e. The topological polar surface area (TPSA) is 58.6 Å². The molecule has 4 nitrogen and oxygen atoms in total. The van der Waals surface area contributed by atoms with E-state index >= 15 is 0 Å². The molecule has 0 aromatic heterocycles. The van der Waals surface area contributed by atoms with Gasteiger partial charge in [-0.25, -0.2) is 9.18 Å². The number of carboxylic acid groups (broad SMARTS) is 1. The second kappa shape index (κ2) is 6.08. The van der Waals surface area contributed by atoms with Gasteiger partial charge in [-0.1, -0.05) is 17.7 Å². The molecule has 0 radical (unpaired) electrons. The van der Waals surface area contributed by atoms with Crippen LogP contribution in [0, 0.1) is 5.82 Å². The summed E-state index contributed by atoms with van der Waals surface area (Å²) >= 11 is 5.73. The molecular formula is C14H17ClFNO3. The van der Waals surface area contributed by atoms with Gasteiger partial charge in [-0.15, -0.1) is 0 Å². The average Bonchev–Trinajstić information content (AvgIpc) is 2.92. The SMILES string of the molecule is CC(NCC1CCCO1)(C(=O)O)c1ccc(F)c(Cl)c1. The summed E-state index contributed by atoms with van der Waals surface area (Å²) in [5, 5.41) is 12.4. The van der Waals surface area contributed by atoms with Crippen LogP contribution in [-0.4, -0.2) is 30.3 Å². The molecule has 0 saturated carbocycles. The molecule has 2 atom stereocenters. The molecule has 1 aromatic rings. The molecule has 1 heterocycles. The molecule has 1 fully saturated rings. The van der Waals surface area contributed by atoms with E-state index in [1.54, 1.807) is 0 Å². The third kappa shape index (κ3) is 3.11. The molecule has 0 spiro atoms. The van der Waals surface area contributed by atoms with Crippen molar-refractivity contribution in [3.05, 3.63) is 34.6 Å². The van der Waals surface area contributed by atoms with Crippen LogP contribution in [0.15, 0.2) is 18.2 Å². The van der Waals surface area contributed by atoms with Crippen molar-refractivity contribution in [2.24, 2.45) is 0 Å². The first-order chi connectivity index (χ1) is 9.43. The lowest BCUT2D eigenvalue weighted by Gasteiger charge is -2.28. The second-order valence-electron chi connectivity index (χ2n) is 5.07. The highest BCUT2D eigenvalue weighted by atomic mass is 35.5. The van der Waals surface area contributed by atoms with E-state index in [1.165, 1.54) is 25.1 Å². The Morgan fingerprint density at radius 3 is 2.95 bits per heavy atom. The number of hydrogen-bond donors (Lipinski definition) is 2. The molecule has 0 aliphatic carbocycles. The van der Waals surface area contributed by atoms with Crippen molar-refractivity contribution >= 4 is 17.6 Å². The molecular weight excluding hydrogens is 285 g/mol. The molecule has 1 aliphatic rings. The van der Waals surface area contributed by atoms with E-state index < -0.39 is 17.3 Å². The van der Waals surface area contributed by atoms with Gasteiger partial charge in [0.1, 0.15) is 11.4 Å². The zero-order valence-corrected chi connectivity index (χ0v) is 11.9. The number of halogens is 2. The lowest BCUT2D eigenvalue weighted by atomic mass is 9.91. The maximum absolute atomic E-state index is 13.2. The Morgan fingerprint density at radius 1 is 1.65 bits per heavy atom. The fraction of sp³-hybridized carbons (Fsp3) is 0.500. The van der Waals surface area contributed by atoms with Gasteiger partial charge in [0.25, 0.3) is 0 Å². The van der Waals surface area contributed by atoms with Crippen LogP contribution in [0.3, 0.4) is 0 Å². The Hall–Kier alpha value is -1.17. The molecule has 0 bridgehead atoms. The van der Waals surface area contributed by atoms with Gasteiger partial charge >= 0.3 is 5.97 Å². The monoisotopic (exact) mass is 301 g/mol. The maximum Gasteiger partial charge on any atom is 0.328 e. The smallest absolute Gasteiger partial charge is 0.328 e. The van der Waals surface area contributed by atoms with Crippen LogP contribution in [0.2, 0.25) is 5.02 Å². The molecule has 2 N–H and O–H groups in total. The van der Waals surface area contributed by atoms with Crippen LogP contribution in [0.4, 0.5) is 4.39 Å². The number of ether oxygens (including phenoxy) is 1. The summed E-state index contributed by atoms with van der Waals surface area (Å²) in [6.45, 7) is 2.67. The van der Waals surface area contributed by atoms with Gasteiger partial charge in [-0.05, 0) is 37.5 Å². The van der Waals surface area contributed by atoms with Crippen molar-refractivity contribution in [3.8, 4) is 0 Å². The van der Waals surface area contributed by atoms with Crippen molar-refractivity contribution in [1.29, 1.82) is 0 Å². The standard InChI is InChI=1S/C14H17ClFNO3/c1-14(13(18)19,17-8-10-3-2-6-20-10)9-4-5-12(16)11(15)7-9/h4-5,7,10,17H,2-3,6,8H2,1H3,(H,18,19). The third-order valence-electron chi connectivity index (χ3n) is 3.63. The van der Waals surface area contributed by atoms with E-state index in [0.717, 1.165) is 12.8 Å². The molecule has 20 heavy (non-hydrogen) atoms. The third-order valence-corrected chi connectivity index (χ3v) is 3.92. The van der Waals surface area contributed by atoms with Crippen LogP contribution in [0.1, 0.15) is 25.3 Å². The van der Waals surface area contributed by atoms with Crippen LogP contribution < -0.4 is 5.32 Å². The largest absolute Gasteiger partial charge is 0.480 e. The van der Waals surface area contributed by atoms with Crippen LogP contribution >= 0.6 is 11.6 Å². The maximum atomic E-state index is 13.2. The fourth-order valence-corrected chi connectivity index (χ4v) is 2.41. The van der Waals surface area contributed by atoms with Gasteiger partial charge in [0.2, 0.25) is 0 Å². The van der Waals surface area contributed by atoms with Gasteiger partial charge in [0.05, 0.1) is 11.1 Å². The number of rotatable bonds is 5. The van der Waals surface area contributed by atoms with E-state index in [0.29, 0.717) is 18.7 Å². The number of hydrogen-bond acceptors (Lipinski definition) is 3. The van der Waals surface area contributed by atoms with Gasteiger partial charge in [-0.3, -0.25) is 5.32 Å². The van der Waals surface area contributed by atoms with E-state index in [9.17, 15) is 14.3 Å². The summed E-state index contributed by atoms with van der Waals surface area (Å²) < 4.78 is 18.7. The Morgan fingerprint density at radius 2 is 2.40 bits per heavy atom. The lowest BCUT2D eigenvalue weighted by molar-refractivity contribution is -0.144. The van der Waals surface area contributed by atoms with Gasteiger partial charge < -0.3 is 9.84 Å². The van der Waals surface area contributed by atoms with E-state index in [4.69, 9.17) is 16.3 Å². The molecule has 6 heteroatoms. The molecule has 1 aliphatic heterocycles. The molecule has 110 valence electrons. The highest BCUT2D eigenvalue weighted by molar-refractivity contribution is 6.30. The van der Waals surface area contributed by atoms with E-state index in [-0.39, 0.29) is 11.1 Å². The number of nitrogens with one attached hydrogen (secondary N) is 1. The predicted octanol–water partition coefficient (Wildman–Crippen LogP) is 2.55. The summed E-state index contributed by atoms with van der Waals surface area (Å²) in [6, 6.07) is 3.94. The summed E-state index contributed by atoms with van der Waals surface area (Å²) in [5.74, 6) is -1.61. The number of carboxylic acids is 1. The Bertz CT molecular complexity index is 505. The number of aliphatic carboxylic acids is 1. The van der Waals surface area contributed by atoms with E-state index in [2.05, 4.69) is 5.32 Å². The Balaban J connectivity index is 2.18. The first-order valence-electron chi connectivity index (χ1n) is 6.49. The lowest BCUT2D eigenvalue weighted by Crippen LogP contribution is -2.49. The highest BCUT2D eigenvalue weighted by Crippen LogP contribution is 2.26. The molecule has 1 aromatic carbocycles. The van der Waals surface area contributed by atoms with Crippen LogP contribution in [0.5, 0.6) is 0 Å². The van der Waals surface area contributed by atoms with Crippen molar-refractivity contribution in [2.45, 2.75) is 31.4 Å². The van der Waals surface area contributed by atoms with Crippen molar-refractivity contribution in [1.82, 2.24) is 5.32 Å². The number of carbonyl (C=O) groups is 1. The fourth-order valence-electron chi connectivity index (χ4n) is 2.23. The first kappa shape index (κ1) is 15.2. The van der Waals surface area contributed by atoms with Gasteiger partial charge in [0.15, 0.2) is 0 Å². The Labute approximate surface area is 121 Å². The molecule has 0 amide bonds. The molecule has 1 saturated heterocycles. The van der Waals surface area contributed by atoms with Crippen molar-refractivity contribution in [2.75, 3.05) is 13.2 Å². The van der Waals surface area contributed by atoms with Crippen LogP contribution in [-0.2, 0) is 15.1 Å². The average molecular weight is 302 g/mol. The summed E-state index contributed by atoms with van der Waals surface area (Å²) in [5.41, 5.74) is -0.919. The van der Waals surface area contributed by atoms with Gasteiger partial charge in [0, 0.05) is 13.2 Å². The summed E-state index contributed by atoms with van der Waals surface area (Å²) in [7, 11) is 0. The summed E-state index contributed by atoms with van der Waals surface area (Å²) in [6.07, 6.45) is 1.91. The quantitative estimate of drug-likeness (QED) is 0.877. The molecule has 2 unspecified atom stereocenters. The predicted molar refractivity (Wildman–Crippen MR) is 73.4 cm³/mol. The number of benzene rings is 1. The van der Waals surface area contributed by atoms with Crippen molar-refractivity contribution in [3.63, 3.8) is 0 Å². The van der Waals surface area contributed by atoms with Crippen molar-refractivity contribution < 1.29 is 19.0 Å². The second-order valence-corrected chi connectivity index (χ2v) is 5.48. The highest BCUT2D eigenvalue weighted by Gasteiger charge is 2.36. The van der Waals surface area contributed by atoms with Crippen LogP contribution in [0.25, 0.3) is 0 Å².